The quantitative estimate of drug-likeness (QED) is 0.432. The van der Waals surface area contributed by atoms with Crippen molar-refractivity contribution in [3.05, 3.63) is 59.8 Å². The largest absolute Gasteiger partial charge is 0.497 e. The predicted octanol–water partition coefficient (Wildman–Crippen LogP) is 4.39. The van der Waals surface area contributed by atoms with Gasteiger partial charge in [0.1, 0.15) is 24.7 Å². The lowest BCUT2D eigenvalue weighted by atomic mass is 10.0. The molecule has 0 bridgehead atoms. The zero-order valence-electron chi connectivity index (χ0n) is 19.3. The minimum Gasteiger partial charge on any atom is -0.497 e. The second-order valence-corrected chi connectivity index (χ2v) is 7.55. The highest BCUT2D eigenvalue weighted by molar-refractivity contribution is 6.02. The van der Waals surface area contributed by atoms with Crippen LogP contribution in [-0.4, -0.2) is 51.1 Å². The van der Waals surface area contributed by atoms with Crippen LogP contribution in [0.4, 0.5) is 0 Å². The third-order valence-electron chi connectivity index (χ3n) is 5.44. The Morgan fingerprint density at radius 3 is 2.26 bits per heavy atom. The number of carbonyl (C=O) groups excluding carboxylic acids is 2. The molecule has 8 heteroatoms. The summed E-state index contributed by atoms with van der Waals surface area (Å²) in [4.78, 5) is 30.1. The van der Waals surface area contributed by atoms with Crippen LogP contribution >= 0.6 is 0 Å². The summed E-state index contributed by atoms with van der Waals surface area (Å²) >= 11 is 0. The second-order valence-electron chi connectivity index (χ2n) is 7.55. The zero-order valence-corrected chi connectivity index (χ0v) is 19.3. The van der Waals surface area contributed by atoms with Crippen molar-refractivity contribution in [1.29, 1.82) is 0 Å². The molecule has 0 spiro atoms. The van der Waals surface area contributed by atoms with E-state index < -0.39 is 0 Å². The Morgan fingerprint density at radius 2 is 1.53 bits per heavy atom. The molecule has 0 aliphatic carbocycles. The van der Waals surface area contributed by atoms with Crippen LogP contribution in [0.2, 0.25) is 0 Å². The van der Waals surface area contributed by atoms with Gasteiger partial charge in [0.25, 0.3) is 0 Å². The van der Waals surface area contributed by atoms with Gasteiger partial charge in [0.15, 0.2) is 34.6 Å². The van der Waals surface area contributed by atoms with Gasteiger partial charge in [-0.05, 0) is 36.4 Å². The molecule has 2 heterocycles. The first-order valence-electron chi connectivity index (χ1n) is 10.8. The number of benzene rings is 2. The number of Topliss-reactive ketones (excluding diaryl/α,β-unsaturated/α-hetero) is 2. The minimum absolute atomic E-state index is 0.00786. The maximum atomic E-state index is 12.9. The van der Waals surface area contributed by atoms with Crippen LogP contribution < -0.4 is 23.7 Å². The van der Waals surface area contributed by atoms with Gasteiger partial charge in [-0.2, -0.15) is 0 Å². The van der Waals surface area contributed by atoms with Crippen molar-refractivity contribution in [2.24, 2.45) is 0 Å². The van der Waals surface area contributed by atoms with Crippen LogP contribution in [-0.2, 0) is 0 Å². The Kier molecular flexibility index (Phi) is 6.96. The molecular formula is C26H25NO7. The Balaban J connectivity index is 1.51. The fraction of sp³-hybridized carbons (Fsp3) is 0.269. The van der Waals surface area contributed by atoms with Crippen LogP contribution in [0, 0.1) is 0 Å². The lowest BCUT2D eigenvalue weighted by Crippen LogP contribution is -2.15. The highest BCUT2D eigenvalue weighted by atomic mass is 16.6. The summed E-state index contributed by atoms with van der Waals surface area (Å²) in [6.07, 6.45) is 0.0422. The molecule has 0 saturated heterocycles. The van der Waals surface area contributed by atoms with Gasteiger partial charge in [0.2, 0.25) is 0 Å². The zero-order chi connectivity index (χ0) is 24.1. The van der Waals surface area contributed by atoms with Crippen molar-refractivity contribution in [3.63, 3.8) is 0 Å². The van der Waals surface area contributed by atoms with Gasteiger partial charge in [0, 0.05) is 36.1 Å². The van der Waals surface area contributed by atoms with Crippen molar-refractivity contribution in [2.75, 3.05) is 34.5 Å². The third-order valence-corrected chi connectivity index (χ3v) is 5.44. The van der Waals surface area contributed by atoms with Gasteiger partial charge in [-0.15, -0.1) is 0 Å². The number of hydrogen-bond donors (Lipinski definition) is 0. The third kappa shape index (κ3) is 4.96. The standard InChI is InChI=1S/C26H25NO7/c1-30-18-14-19(16-4-9-24-26(12-16)34-11-10-33-24)27-20(15-18)22(29)7-6-21(28)17-5-8-23(31-2)25(13-17)32-3/h4-5,8-9,12-15H,6-7,10-11H2,1-3H3. The van der Waals surface area contributed by atoms with Crippen LogP contribution in [0.3, 0.4) is 0 Å². The van der Waals surface area contributed by atoms with E-state index in [1.807, 2.05) is 18.2 Å². The van der Waals surface area contributed by atoms with E-state index in [1.54, 1.807) is 30.3 Å². The van der Waals surface area contributed by atoms with Crippen LogP contribution in [0.5, 0.6) is 28.7 Å². The minimum atomic E-state index is -0.258. The maximum absolute atomic E-state index is 12.9. The lowest BCUT2D eigenvalue weighted by molar-refractivity contribution is 0.0914. The number of ether oxygens (including phenoxy) is 5. The van der Waals surface area contributed by atoms with Crippen LogP contribution in [0.25, 0.3) is 11.3 Å². The molecule has 4 rings (SSSR count). The number of nitrogens with zero attached hydrogens (tertiary/aromatic N) is 1. The van der Waals surface area contributed by atoms with E-state index in [-0.39, 0.29) is 30.1 Å². The van der Waals surface area contributed by atoms with Gasteiger partial charge < -0.3 is 23.7 Å². The van der Waals surface area contributed by atoms with Gasteiger partial charge in [-0.25, -0.2) is 4.98 Å². The van der Waals surface area contributed by atoms with E-state index in [1.165, 1.54) is 21.3 Å². The summed E-state index contributed by atoms with van der Waals surface area (Å²) in [6.45, 7) is 0.976. The monoisotopic (exact) mass is 463 g/mol. The Morgan fingerprint density at radius 1 is 0.794 bits per heavy atom. The first-order chi connectivity index (χ1) is 16.5. The average Bonchev–Trinajstić information content (AvgIpc) is 2.90. The Hall–Kier alpha value is -4.07. The molecule has 2 aromatic carbocycles. The average molecular weight is 463 g/mol. The molecule has 1 aliphatic heterocycles. The first-order valence-corrected chi connectivity index (χ1v) is 10.8. The smallest absolute Gasteiger partial charge is 0.181 e. The maximum Gasteiger partial charge on any atom is 0.181 e. The summed E-state index contributed by atoms with van der Waals surface area (Å²) in [6, 6.07) is 13.7. The fourth-order valence-corrected chi connectivity index (χ4v) is 3.63. The first kappa shape index (κ1) is 23.1. The van der Waals surface area contributed by atoms with Crippen molar-refractivity contribution in [3.8, 4) is 40.0 Å². The summed E-state index contributed by atoms with van der Waals surface area (Å²) < 4.78 is 27.1. The van der Waals surface area contributed by atoms with Gasteiger partial charge in [-0.3, -0.25) is 9.59 Å². The molecule has 34 heavy (non-hydrogen) atoms. The molecule has 176 valence electrons. The van der Waals surface area contributed by atoms with E-state index in [4.69, 9.17) is 23.7 Å². The van der Waals surface area contributed by atoms with E-state index >= 15 is 0 Å². The highest BCUT2D eigenvalue weighted by Crippen LogP contribution is 2.35. The number of aromatic nitrogens is 1. The summed E-state index contributed by atoms with van der Waals surface area (Å²) in [5, 5.41) is 0. The normalized spacial score (nSPS) is 12.1. The van der Waals surface area contributed by atoms with Crippen molar-refractivity contribution < 1.29 is 33.3 Å². The number of ketones is 2. The summed E-state index contributed by atoms with van der Waals surface area (Å²) in [5.41, 5.74) is 2.00. The number of fused-ring (bicyclic) bond motifs is 1. The van der Waals surface area contributed by atoms with Crippen molar-refractivity contribution in [2.45, 2.75) is 12.8 Å². The molecule has 0 fully saturated rings. The molecule has 0 N–H and O–H groups in total. The van der Waals surface area contributed by atoms with E-state index in [9.17, 15) is 9.59 Å². The molecule has 3 aromatic rings. The van der Waals surface area contributed by atoms with Gasteiger partial charge >= 0.3 is 0 Å². The number of carbonyl (C=O) groups is 2. The highest BCUT2D eigenvalue weighted by Gasteiger charge is 2.18. The molecular weight excluding hydrogens is 438 g/mol. The van der Waals surface area contributed by atoms with E-state index in [2.05, 4.69) is 4.98 Å². The molecule has 0 radical (unpaired) electrons. The van der Waals surface area contributed by atoms with E-state index in [0.717, 1.165) is 5.56 Å². The number of methoxy groups -OCH3 is 3. The van der Waals surface area contributed by atoms with Gasteiger partial charge in [0.05, 0.1) is 27.0 Å². The Bertz CT molecular complexity index is 1220. The molecule has 1 aromatic heterocycles. The predicted molar refractivity (Wildman–Crippen MR) is 125 cm³/mol. The molecule has 0 saturated carbocycles. The fourth-order valence-electron chi connectivity index (χ4n) is 3.63. The van der Waals surface area contributed by atoms with Crippen molar-refractivity contribution in [1.82, 2.24) is 4.98 Å². The Labute approximate surface area is 197 Å². The van der Waals surface area contributed by atoms with E-state index in [0.29, 0.717) is 53.2 Å². The van der Waals surface area contributed by atoms with Crippen LogP contribution in [0.1, 0.15) is 33.7 Å². The van der Waals surface area contributed by atoms with Crippen LogP contribution in [0.15, 0.2) is 48.5 Å². The van der Waals surface area contributed by atoms with Crippen molar-refractivity contribution >= 4 is 11.6 Å². The number of rotatable bonds is 9. The molecule has 1 aliphatic rings. The number of hydrogen-bond acceptors (Lipinski definition) is 8. The summed E-state index contributed by atoms with van der Waals surface area (Å²) in [7, 11) is 4.56. The molecule has 0 amide bonds. The topological polar surface area (TPSA) is 93.2 Å². The number of pyridine rings is 1. The SMILES string of the molecule is COc1cc(C(=O)CCC(=O)c2ccc(OC)c(OC)c2)nc(-c2ccc3c(c2)OCCO3)c1. The van der Waals surface area contributed by atoms with Gasteiger partial charge in [-0.1, -0.05) is 0 Å². The summed E-state index contributed by atoms with van der Waals surface area (Å²) in [5.74, 6) is 2.34. The molecule has 0 atom stereocenters. The second kappa shape index (κ2) is 10.2. The lowest BCUT2D eigenvalue weighted by Gasteiger charge is -2.19. The molecule has 8 nitrogen and oxygen atoms in total. The molecule has 0 unspecified atom stereocenters.